The first-order valence-corrected chi connectivity index (χ1v) is 6.37. The first-order valence-electron chi connectivity index (χ1n) is 6.37. The van der Waals surface area contributed by atoms with Crippen LogP contribution in [0, 0.1) is 5.92 Å². The maximum atomic E-state index is 12.1. The van der Waals surface area contributed by atoms with Gasteiger partial charge in [0, 0.05) is 18.0 Å². The van der Waals surface area contributed by atoms with Crippen LogP contribution in [0.25, 0.3) is 0 Å². The fraction of sp³-hybridized carbons (Fsp3) is 0.846. The number of piperidine rings is 1. The number of carbonyl (C=O) groups excluding carboxylic acids is 2. The number of hydrogen-bond acceptors (Lipinski definition) is 3. The van der Waals surface area contributed by atoms with Crippen LogP contribution < -0.4 is 0 Å². The van der Waals surface area contributed by atoms with Gasteiger partial charge in [0.05, 0.1) is 0 Å². The molecule has 2 aliphatic heterocycles. The number of fused-ring (bicyclic) bond motifs is 2. The van der Waals surface area contributed by atoms with E-state index in [1.165, 1.54) is 0 Å². The number of carbonyl (C=O) groups is 2. The van der Waals surface area contributed by atoms with Crippen LogP contribution in [-0.4, -0.2) is 35.0 Å². The number of aldehydes is 1. The second-order valence-electron chi connectivity index (χ2n) is 6.14. The standard InChI is InChI=1S/C13H21NO3/c1-13(2,3)17-12(16)14-10-4-5-11(14)7-9(6-10)8-15/h8-11H,4-7H2,1-3H3. The molecule has 2 saturated heterocycles. The molecule has 2 heterocycles. The summed E-state index contributed by atoms with van der Waals surface area (Å²) < 4.78 is 5.43. The Balaban J connectivity index is 2.04. The molecule has 0 saturated carbocycles. The van der Waals surface area contributed by atoms with Crippen LogP contribution in [0.1, 0.15) is 46.5 Å². The van der Waals surface area contributed by atoms with E-state index in [1.54, 1.807) is 0 Å². The van der Waals surface area contributed by atoms with Gasteiger partial charge in [0.15, 0.2) is 0 Å². The van der Waals surface area contributed by atoms with Gasteiger partial charge in [0.2, 0.25) is 0 Å². The zero-order chi connectivity index (χ0) is 12.6. The van der Waals surface area contributed by atoms with Crippen molar-refractivity contribution >= 4 is 12.4 Å². The summed E-state index contributed by atoms with van der Waals surface area (Å²) in [5.74, 6) is 0.131. The molecular formula is C13H21NO3. The van der Waals surface area contributed by atoms with Gasteiger partial charge >= 0.3 is 6.09 Å². The predicted octanol–water partition coefficient (Wildman–Crippen LogP) is 2.36. The van der Waals surface area contributed by atoms with Crippen LogP contribution in [0.3, 0.4) is 0 Å². The van der Waals surface area contributed by atoms with E-state index in [2.05, 4.69) is 0 Å². The van der Waals surface area contributed by atoms with Gasteiger partial charge in [-0.3, -0.25) is 0 Å². The summed E-state index contributed by atoms with van der Waals surface area (Å²) in [4.78, 5) is 24.8. The molecule has 1 amide bonds. The second-order valence-corrected chi connectivity index (χ2v) is 6.14. The average molecular weight is 239 g/mol. The maximum Gasteiger partial charge on any atom is 0.410 e. The Labute approximate surface area is 102 Å². The highest BCUT2D eigenvalue weighted by Crippen LogP contribution is 2.38. The zero-order valence-electron chi connectivity index (χ0n) is 10.8. The quantitative estimate of drug-likeness (QED) is 0.660. The van der Waals surface area contributed by atoms with Crippen molar-refractivity contribution in [2.24, 2.45) is 5.92 Å². The lowest BCUT2D eigenvalue weighted by Crippen LogP contribution is -2.48. The number of ether oxygens (including phenoxy) is 1. The van der Waals surface area contributed by atoms with Gasteiger partial charge in [0.1, 0.15) is 11.9 Å². The summed E-state index contributed by atoms with van der Waals surface area (Å²) in [6.45, 7) is 5.64. The second kappa shape index (κ2) is 4.31. The van der Waals surface area contributed by atoms with Gasteiger partial charge < -0.3 is 14.4 Å². The van der Waals surface area contributed by atoms with Crippen molar-refractivity contribution in [2.45, 2.75) is 64.1 Å². The third-order valence-corrected chi connectivity index (χ3v) is 3.57. The predicted molar refractivity (Wildman–Crippen MR) is 63.7 cm³/mol. The van der Waals surface area contributed by atoms with E-state index in [0.717, 1.165) is 32.0 Å². The van der Waals surface area contributed by atoms with Gasteiger partial charge in [-0.05, 0) is 46.5 Å². The minimum absolute atomic E-state index is 0.131. The van der Waals surface area contributed by atoms with Crippen LogP contribution in [0.15, 0.2) is 0 Å². The first-order chi connectivity index (χ1) is 7.90. The van der Waals surface area contributed by atoms with E-state index in [4.69, 9.17) is 4.74 Å². The molecule has 0 aromatic carbocycles. The Hall–Kier alpha value is -1.06. The Morgan fingerprint density at radius 2 is 1.76 bits per heavy atom. The van der Waals surface area contributed by atoms with Crippen molar-refractivity contribution < 1.29 is 14.3 Å². The third-order valence-electron chi connectivity index (χ3n) is 3.57. The Kier molecular flexibility index (Phi) is 3.15. The molecule has 2 unspecified atom stereocenters. The summed E-state index contributed by atoms with van der Waals surface area (Å²) in [7, 11) is 0. The van der Waals surface area contributed by atoms with Crippen LogP contribution in [0.2, 0.25) is 0 Å². The molecule has 2 bridgehead atoms. The summed E-state index contributed by atoms with van der Waals surface area (Å²) >= 11 is 0. The van der Waals surface area contributed by atoms with Crippen molar-refractivity contribution in [3.63, 3.8) is 0 Å². The molecular weight excluding hydrogens is 218 g/mol. The largest absolute Gasteiger partial charge is 0.444 e. The fourth-order valence-electron chi connectivity index (χ4n) is 2.94. The number of amides is 1. The van der Waals surface area contributed by atoms with Gasteiger partial charge in [-0.2, -0.15) is 0 Å². The molecule has 2 fully saturated rings. The topological polar surface area (TPSA) is 46.6 Å². The number of nitrogens with zero attached hydrogens (tertiary/aromatic N) is 1. The lowest BCUT2D eigenvalue weighted by atomic mass is 9.92. The maximum absolute atomic E-state index is 12.1. The molecule has 0 radical (unpaired) electrons. The first kappa shape index (κ1) is 12.4. The normalized spacial score (nSPS) is 32.4. The van der Waals surface area contributed by atoms with Gasteiger partial charge in [0.25, 0.3) is 0 Å². The van der Waals surface area contributed by atoms with Gasteiger partial charge in [-0.25, -0.2) is 4.79 Å². The minimum atomic E-state index is -0.446. The summed E-state index contributed by atoms with van der Waals surface area (Å²) in [6.07, 6.45) is 4.45. The van der Waals surface area contributed by atoms with Crippen LogP contribution >= 0.6 is 0 Å². The van der Waals surface area contributed by atoms with E-state index in [1.807, 2.05) is 25.7 Å². The molecule has 0 aromatic heterocycles. The van der Waals surface area contributed by atoms with Crippen LogP contribution in [0.5, 0.6) is 0 Å². The molecule has 17 heavy (non-hydrogen) atoms. The molecule has 0 aliphatic carbocycles. The summed E-state index contributed by atoms with van der Waals surface area (Å²) in [5.41, 5.74) is -0.446. The lowest BCUT2D eigenvalue weighted by Gasteiger charge is -2.38. The van der Waals surface area contributed by atoms with Crippen LogP contribution in [-0.2, 0) is 9.53 Å². The van der Waals surface area contributed by atoms with Gasteiger partial charge in [-0.15, -0.1) is 0 Å². The Bertz CT molecular complexity index is 307. The van der Waals surface area contributed by atoms with E-state index < -0.39 is 5.60 Å². The summed E-state index contributed by atoms with van der Waals surface area (Å²) in [5, 5.41) is 0. The van der Waals surface area contributed by atoms with Crippen LogP contribution in [0.4, 0.5) is 4.79 Å². The molecule has 4 heteroatoms. The smallest absolute Gasteiger partial charge is 0.410 e. The molecule has 4 nitrogen and oxygen atoms in total. The van der Waals surface area contributed by atoms with Crippen molar-refractivity contribution in [3.8, 4) is 0 Å². The zero-order valence-corrected chi connectivity index (χ0v) is 10.8. The minimum Gasteiger partial charge on any atom is -0.444 e. The molecule has 0 spiro atoms. The van der Waals surface area contributed by atoms with E-state index in [9.17, 15) is 9.59 Å². The molecule has 0 N–H and O–H groups in total. The Morgan fingerprint density at radius 1 is 1.24 bits per heavy atom. The Morgan fingerprint density at radius 3 is 2.18 bits per heavy atom. The molecule has 0 aromatic rings. The highest BCUT2D eigenvalue weighted by molar-refractivity contribution is 5.70. The number of rotatable bonds is 1. The summed E-state index contributed by atoms with van der Waals surface area (Å²) in [6, 6.07) is 0.414. The van der Waals surface area contributed by atoms with Crippen molar-refractivity contribution in [1.82, 2.24) is 4.90 Å². The van der Waals surface area contributed by atoms with Crippen molar-refractivity contribution in [1.29, 1.82) is 0 Å². The van der Waals surface area contributed by atoms with E-state index >= 15 is 0 Å². The van der Waals surface area contributed by atoms with Crippen molar-refractivity contribution in [3.05, 3.63) is 0 Å². The highest BCUT2D eigenvalue weighted by Gasteiger charge is 2.44. The molecule has 2 aliphatic rings. The molecule has 96 valence electrons. The lowest BCUT2D eigenvalue weighted by molar-refractivity contribution is -0.113. The highest BCUT2D eigenvalue weighted by atomic mass is 16.6. The fourth-order valence-corrected chi connectivity index (χ4v) is 2.94. The molecule has 2 rings (SSSR count). The SMILES string of the molecule is CC(C)(C)OC(=O)N1C2CCC1CC(C=O)C2. The number of hydrogen-bond donors (Lipinski definition) is 0. The average Bonchev–Trinajstić information content (AvgIpc) is 2.47. The van der Waals surface area contributed by atoms with Crippen molar-refractivity contribution in [2.75, 3.05) is 0 Å². The monoisotopic (exact) mass is 239 g/mol. The van der Waals surface area contributed by atoms with E-state index in [0.29, 0.717) is 0 Å². The van der Waals surface area contributed by atoms with Gasteiger partial charge in [-0.1, -0.05) is 0 Å². The van der Waals surface area contributed by atoms with E-state index in [-0.39, 0.29) is 24.1 Å². The molecule has 2 atom stereocenters. The third kappa shape index (κ3) is 2.61.